The Hall–Kier alpha value is -2.75. The number of rotatable bonds is 7. The van der Waals surface area contributed by atoms with E-state index in [4.69, 9.17) is 9.47 Å². The normalized spacial score (nSPS) is 10.3. The van der Waals surface area contributed by atoms with Crippen molar-refractivity contribution in [2.24, 2.45) is 0 Å². The summed E-state index contributed by atoms with van der Waals surface area (Å²) >= 11 is 1.21. The summed E-state index contributed by atoms with van der Waals surface area (Å²) in [4.78, 5) is 23.0. The van der Waals surface area contributed by atoms with Crippen molar-refractivity contribution in [3.8, 4) is 11.5 Å². The molecule has 0 unspecified atom stereocenters. The quantitative estimate of drug-likeness (QED) is 0.601. The highest BCUT2D eigenvalue weighted by atomic mass is 32.1. The number of carbonyl (C=O) groups is 1. The summed E-state index contributed by atoms with van der Waals surface area (Å²) in [6, 6.07) is 2.45. The topological polar surface area (TPSA) is 116 Å². The van der Waals surface area contributed by atoms with E-state index in [1.807, 2.05) is 6.92 Å². The third-order valence-corrected chi connectivity index (χ3v) is 4.00. The largest absolute Gasteiger partial charge is 0.493 e. The molecule has 24 heavy (non-hydrogen) atoms. The number of benzene rings is 1. The van der Waals surface area contributed by atoms with Crippen molar-refractivity contribution < 1.29 is 19.2 Å². The zero-order valence-electron chi connectivity index (χ0n) is 13.4. The van der Waals surface area contributed by atoms with E-state index in [1.165, 1.54) is 24.5 Å². The minimum atomic E-state index is -0.663. The number of amides is 1. The molecule has 0 aliphatic carbocycles. The predicted octanol–water partition coefficient (Wildman–Crippen LogP) is 2.67. The van der Waals surface area contributed by atoms with Crippen molar-refractivity contribution in [2.45, 2.75) is 20.3 Å². The summed E-state index contributed by atoms with van der Waals surface area (Å²) in [6.07, 6.45) is 0.685. The molecule has 0 radical (unpaired) electrons. The van der Waals surface area contributed by atoms with E-state index in [9.17, 15) is 14.9 Å². The number of anilines is 1. The van der Waals surface area contributed by atoms with Crippen LogP contribution < -0.4 is 14.8 Å². The lowest BCUT2D eigenvalue weighted by molar-refractivity contribution is -0.385. The Morgan fingerprint density at radius 1 is 1.33 bits per heavy atom. The number of aromatic nitrogens is 2. The first-order valence-electron chi connectivity index (χ1n) is 7.13. The van der Waals surface area contributed by atoms with E-state index < -0.39 is 10.8 Å². The molecule has 0 aliphatic rings. The average molecular weight is 352 g/mol. The van der Waals surface area contributed by atoms with Gasteiger partial charge in [-0.1, -0.05) is 18.3 Å². The molecule has 1 N–H and O–H groups in total. The zero-order valence-corrected chi connectivity index (χ0v) is 14.2. The van der Waals surface area contributed by atoms with Crippen LogP contribution in [0.5, 0.6) is 11.5 Å². The minimum Gasteiger partial charge on any atom is -0.493 e. The highest BCUT2D eigenvalue weighted by Crippen LogP contribution is 2.35. The van der Waals surface area contributed by atoms with Gasteiger partial charge in [0.15, 0.2) is 11.5 Å². The van der Waals surface area contributed by atoms with Gasteiger partial charge in [0.25, 0.3) is 11.6 Å². The summed E-state index contributed by atoms with van der Waals surface area (Å²) < 4.78 is 10.5. The lowest BCUT2D eigenvalue weighted by Gasteiger charge is -2.11. The van der Waals surface area contributed by atoms with Crippen LogP contribution in [0.4, 0.5) is 10.8 Å². The lowest BCUT2D eigenvalue weighted by Crippen LogP contribution is -2.14. The molecule has 128 valence electrons. The average Bonchev–Trinajstić information content (AvgIpc) is 3.02. The number of nitrogens with one attached hydrogen (secondary N) is 1. The molecule has 0 bridgehead atoms. The Labute approximate surface area is 141 Å². The molecule has 0 atom stereocenters. The zero-order chi connectivity index (χ0) is 17.7. The summed E-state index contributed by atoms with van der Waals surface area (Å²) in [6.45, 7) is 3.99. The van der Waals surface area contributed by atoms with Gasteiger partial charge in [0.05, 0.1) is 24.7 Å². The number of hydrogen-bond donors (Lipinski definition) is 1. The SMILES string of the molecule is CCOc1cc(C(=O)Nc2nnc(CC)s2)c([N+](=O)[O-])cc1OC. The van der Waals surface area contributed by atoms with Crippen LogP contribution in [0.25, 0.3) is 0 Å². The Morgan fingerprint density at radius 3 is 2.62 bits per heavy atom. The number of nitro benzene ring substituents is 1. The number of aryl methyl sites for hydroxylation is 1. The highest BCUT2D eigenvalue weighted by Gasteiger charge is 2.25. The first kappa shape index (κ1) is 17.6. The number of carbonyl (C=O) groups excluding carboxylic acids is 1. The van der Waals surface area contributed by atoms with Crippen LogP contribution in [0.1, 0.15) is 29.2 Å². The molecular weight excluding hydrogens is 336 g/mol. The lowest BCUT2D eigenvalue weighted by atomic mass is 10.1. The fraction of sp³-hybridized carbons (Fsp3) is 0.357. The van der Waals surface area contributed by atoms with E-state index >= 15 is 0 Å². The Morgan fingerprint density at radius 2 is 2.08 bits per heavy atom. The van der Waals surface area contributed by atoms with Crippen LogP contribution in [-0.2, 0) is 6.42 Å². The molecule has 1 heterocycles. The molecule has 0 aliphatic heterocycles. The second kappa shape index (κ2) is 7.68. The maximum atomic E-state index is 12.4. The molecule has 1 aromatic heterocycles. The maximum Gasteiger partial charge on any atom is 0.286 e. The van der Waals surface area contributed by atoms with Gasteiger partial charge in [0.1, 0.15) is 10.6 Å². The molecule has 10 heteroatoms. The highest BCUT2D eigenvalue weighted by molar-refractivity contribution is 7.15. The van der Waals surface area contributed by atoms with Gasteiger partial charge in [-0.2, -0.15) is 0 Å². The van der Waals surface area contributed by atoms with Gasteiger partial charge in [-0.25, -0.2) is 0 Å². The number of nitrogens with zero attached hydrogens (tertiary/aromatic N) is 3. The molecule has 0 spiro atoms. The fourth-order valence-electron chi connectivity index (χ4n) is 1.92. The monoisotopic (exact) mass is 352 g/mol. The van der Waals surface area contributed by atoms with E-state index in [1.54, 1.807) is 6.92 Å². The smallest absolute Gasteiger partial charge is 0.286 e. The van der Waals surface area contributed by atoms with Gasteiger partial charge in [0.2, 0.25) is 5.13 Å². The van der Waals surface area contributed by atoms with E-state index in [0.717, 1.165) is 11.1 Å². The van der Waals surface area contributed by atoms with Crippen LogP contribution >= 0.6 is 11.3 Å². The molecule has 0 saturated carbocycles. The predicted molar refractivity (Wildman–Crippen MR) is 88.1 cm³/mol. The molecule has 1 aromatic carbocycles. The number of nitro groups is 1. The van der Waals surface area contributed by atoms with Crippen LogP contribution in [-0.4, -0.2) is 34.7 Å². The first-order chi connectivity index (χ1) is 11.5. The summed E-state index contributed by atoms with van der Waals surface area (Å²) in [5, 5.41) is 22.5. The van der Waals surface area contributed by atoms with Crippen LogP contribution in [0.15, 0.2) is 12.1 Å². The maximum absolute atomic E-state index is 12.4. The van der Waals surface area contributed by atoms with Gasteiger partial charge in [-0.15, -0.1) is 10.2 Å². The molecule has 9 nitrogen and oxygen atoms in total. The van der Waals surface area contributed by atoms with Gasteiger partial charge in [-0.3, -0.25) is 20.2 Å². The molecule has 2 rings (SSSR count). The van der Waals surface area contributed by atoms with Crippen molar-refractivity contribution in [1.29, 1.82) is 0 Å². The van der Waals surface area contributed by atoms with Crippen molar-refractivity contribution in [3.05, 3.63) is 32.8 Å². The Balaban J connectivity index is 2.40. The number of ether oxygens (including phenoxy) is 2. The van der Waals surface area contributed by atoms with Crippen molar-refractivity contribution in [3.63, 3.8) is 0 Å². The number of hydrogen-bond acceptors (Lipinski definition) is 8. The van der Waals surface area contributed by atoms with E-state index in [0.29, 0.717) is 13.0 Å². The molecule has 1 amide bonds. The van der Waals surface area contributed by atoms with Crippen LogP contribution in [0.2, 0.25) is 0 Å². The van der Waals surface area contributed by atoms with Crippen LogP contribution in [0, 0.1) is 10.1 Å². The second-order valence-electron chi connectivity index (χ2n) is 4.52. The second-order valence-corrected chi connectivity index (χ2v) is 5.58. The molecular formula is C14H16N4O5S. The van der Waals surface area contributed by atoms with Gasteiger partial charge < -0.3 is 9.47 Å². The Kier molecular flexibility index (Phi) is 5.64. The van der Waals surface area contributed by atoms with Gasteiger partial charge in [0, 0.05) is 6.07 Å². The molecule has 2 aromatic rings. The summed E-state index contributed by atoms with van der Waals surface area (Å²) in [5.74, 6) is -0.226. The Bertz CT molecular complexity index is 762. The minimum absolute atomic E-state index is 0.141. The van der Waals surface area contributed by atoms with E-state index in [-0.39, 0.29) is 27.9 Å². The van der Waals surface area contributed by atoms with E-state index in [2.05, 4.69) is 15.5 Å². The summed E-state index contributed by atoms with van der Waals surface area (Å²) in [5.41, 5.74) is -0.523. The fourth-order valence-corrected chi connectivity index (χ4v) is 2.60. The molecule has 0 fully saturated rings. The van der Waals surface area contributed by atoms with Crippen LogP contribution in [0.3, 0.4) is 0 Å². The third kappa shape index (κ3) is 3.77. The van der Waals surface area contributed by atoms with Gasteiger partial charge >= 0.3 is 0 Å². The molecule has 0 saturated heterocycles. The standard InChI is InChI=1S/C14H16N4O5S/c1-4-12-16-17-14(24-12)15-13(19)8-6-11(23-5-2)10(22-3)7-9(8)18(20)21/h6-7H,4-5H2,1-3H3,(H,15,17,19). The number of methoxy groups -OCH3 is 1. The van der Waals surface area contributed by atoms with Crippen molar-refractivity contribution in [2.75, 3.05) is 19.0 Å². The van der Waals surface area contributed by atoms with Gasteiger partial charge in [-0.05, 0) is 13.3 Å². The summed E-state index contributed by atoms with van der Waals surface area (Å²) in [7, 11) is 1.37. The van der Waals surface area contributed by atoms with Crippen molar-refractivity contribution in [1.82, 2.24) is 10.2 Å². The first-order valence-corrected chi connectivity index (χ1v) is 7.94. The third-order valence-electron chi connectivity index (χ3n) is 3.01. The van der Waals surface area contributed by atoms with Crippen molar-refractivity contribution >= 4 is 28.1 Å².